The van der Waals surface area contributed by atoms with E-state index < -0.39 is 17.6 Å². The zero-order valence-electron chi connectivity index (χ0n) is 27.8. The van der Waals surface area contributed by atoms with Crippen LogP contribution >= 0.6 is 0 Å². The van der Waals surface area contributed by atoms with E-state index in [4.69, 9.17) is 18.9 Å². The third-order valence-corrected chi connectivity index (χ3v) is 11.2. The first-order valence-corrected chi connectivity index (χ1v) is 16.7. The quantitative estimate of drug-likeness (QED) is 0.224. The minimum absolute atomic E-state index is 0.0132. The van der Waals surface area contributed by atoms with Crippen LogP contribution in [0.5, 0.6) is 23.0 Å². The Bertz CT molecular complexity index is 1900. The topological polar surface area (TPSA) is 112 Å². The van der Waals surface area contributed by atoms with Crippen molar-refractivity contribution in [2.24, 2.45) is 11.8 Å². The minimum atomic E-state index is -0.553. The molecule has 0 heterocycles. The molecule has 250 valence electrons. The van der Waals surface area contributed by atoms with Gasteiger partial charge in [0.05, 0.1) is 14.2 Å². The summed E-state index contributed by atoms with van der Waals surface area (Å²) in [6.45, 7) is 2.86. The number of hydrogen-bond acceptors (Lipinski definition) is 8. The summed E-state index contributed by atoms with van der Waals surface area (Å²) in [6, 6.07) is 22.5. The summed E-state index contributed by atoms with van der Waals surface area (Å²) < 4.78 is 23.4. The molecule has 4 aromatic rings. The molecule has 8 nitrogen and oxygen atoms in total. The van der Waals surface area contributed by atoms with Crippen LogP contribution in [-0.4, -0.2) is 48.6 Å². The zero-order valence-corrected chi connectivity index (χ0v) is 27.8. The van der Waals surface area contributed by atoms with Crippen LogP contribution in [0.15, 0.2) is 66.7 Å². The highest BCUT2D eigenvalue weighted by Gasteiger charge is 2.58. The van der Waals surface area contributed by atoms with Gasteiger partial charge in [-0.1, -0.05) is 42.5 Å². The van der Waals surface area contributed by atoms with Crippen LogP contribution in [0.3, 0.4) is 0 Å². The van der Waals surface area contributed by atoms with Gasteiger partial charge in [-0.2, -0.15) is 0 Å². The van der Waals surface area contributed by atoms with Gasteiger partial charge in [-0.3, -0.25) is 9.59 Å². The summed E-state index contributed by atoms with van der Waals surface area (Å²) in [5.74, 6) is -0.0289. The van der Waals surface area contributed by atoms with Gasteiger partial charge in [0.15, 0.2) is 23.0 Å². The molecule has 48 heavy (non-hydrogen) atoms. The third kappa shape index (κ3) is 5.41. The highest BCUT2D eigenvalue weighted by Crippen LogP contribution is 2.60. The summed E-state index contributed by atoms with van der Waals surface area (Å²) in [5, 5.41) is 24.0. The molecule has 2 unspecified atom stereocenters. The second-order valence-corrected chi connectivity index (χ2v) is 13.7. The molecule has 2 N–H and O–H groups in total. The Kier molecular flexibility index (Phi) is 8.22. The molecule has 3 aliphatic carbocycles. The summed E-state index contributed by atoms with van der Waals surface area (Å²) in [7, 11) is 3.09. The van der Waals surface area contributed by atoms with Crippen LogP contribution in [0.4, 0.5) is 0 Å². The largest absolute Gasteiger partial charge is 0.504 e. The highest BCUT2D eigenvalue weighted by atomic mass is 16.6. The summed E-state index contributed by atoms with van der Waals surface area (Å²) in [5.41, 5.74) is 4.80. The number of fused-ring (bicyclic) bond motifs is 7. The molecule has 0 bridgehead atoms. The molecule has 1 saturated carbocycles. The van der Waals surface area contributed by atoms with Crippen molar-refractivity contribution in [3.63, 3.8) is 0 Å². The molecule has 0 spiro atoms. The molecule has 0 amide bonds. The Balaban J connectivity index is 1.52. The molecular weight excluding hydrogens is 608 g/mol. The molecule has 6 atom stereocenters. The van der Waals surface area contributed by atoms with Crippen LogP contribution in [0.1, 0.15) is 66.8 Å². The Morgan fingerprint density at radius 2 is 1.44 bits per heavy atom. The molecular formula is C40H42O8. The van der Waals surface area contributed by atoms with Crippen molar-refractivity contribution in [1.29, 1.82) is 0 Å². The summed E-state index contributed by atoms with van der Waals surface area (Å²) >= 11 is 0. The maximum absolute atomic E-state index is 12.8. The monoisotopic (exact) mass is 650 g/mol. The molecule has 0 aromatic heterocycles. The number of aromatic hydroxyl groups is 2. The molecule has 0 saturated heterocycles. The number of aryl methyl sites for hydroxylation is 1. The number of hydrogen-bond donors (Lipinski definition) is 2. The van der Waals surface area contributed by atoms with Gasteiger partial charge in [-0.15, -0.1) is 0 Å². The Morgan fingerprint density at radius 1 is 0.750 bits per heavy atom. The number of esters is 2. The number of phenolic OH excluding ortho intramolecular Hbond substituents is 2. The first-order valence-electron chi connectivity index (χ1n) is 16.7. The number of carbonyl (C=O) groups is 2. The number of benzene rings is 4. The van der Waals surface area contributed by atoms with Gasteiger partial charge in [0.2, 0.25) is 0 Å². The van der Waals surface area contributed by atoms with Crippen LogP contribution in [-0.2, 0) is 43.7 Å². The first kappa shape index (κ1) is 31.9. The number of rotatable bonds is 5. The van der Waals surface area contributed by atoms with E-state index in [0.717, 1.165) is 51.4 Å². The van der Waals surface area contributed by atoms with Crippen LogP contribution < -0.4 is 9.47 Å². The molecule has 1 fully saturated rings. The molecule has 4 aromatic carbocycles. The van der Waals surface area contributed by atoms with Crippen LogP contribution in [0, 0.1) is 11.8 Å². The van der Waals surface area contributed by atoms with E-state index in [9.17, 15) is 19.8 Å². The van der Waals surface area contributed by atoms with Crippen LogP contribution in [0.25, 0.3) is 10.8 Å². The molecule has 0 radical (unpaired) electrons. The molecule has 0 aliphatic heterocycles. The lowest BCUT2D eigenvalue weighted by Gasteiger charge is -2.57. The van der Waals surface area contributed by atoms with Gasteiger partial charge < -0.3 is 29.2 Å². The van der Waals surface area contributed by atoms with Crippen molar-refractivity contribution in [3.05, 3.63) is 94.5 Å². The minimum Gasteiger partial charge on any atom is -0.504 e. The molecule has 3 aliphatic rings. The van der Waals surface area contributed by atoms with Gasteiger partial charge in [0, 0.05) is 31.6 Å². The van der Waals surface area contributed by atoms with Crippen molar-refractivity contribution in [1.82, 2.24) is 0 Å². The lowest BCUT2D eigenvalue weighted by atomic mass is 9.47. The fraction of sp³-hybridized carbons (Fsp3) is 0.400. The number of phenols is 2. The average molecular weight is 651 g/mol. The van der Waals surface area contributed by atoms with Gasteiger partial charge >= 0.3 is 11.9 Å². The maximum Gasteiger partial charge on any atom is 0.302 e. The van der Waals surface area contributed by atoms with Gasteiger partial charge in [0.1, 0.15) is 12.2 Å². The fourth-order valence-corrected chi connectivity index (χ4v) is 9.38. The van der Waals surface area contributed by atoms with E-state index in [-0.39, 0.29) is 41.2 Å². The normalized spacial score (nSPS) is 26.0. The van der Waals surface area contributed by atoms with E-state index in [1.807, 2.05) is 36.4 Å². The highest BCUT2D eigenvalue weighted by molar-refractivity contribution is 5.83. The smallest absolute Gasteiger partial charge is 0.302 e. The van der Waals surface area contributed by atoms with Gasteiger partial charge in [-0.05, 0) is 107 Å². The van der Waals surface area contributed by atoms with Gasteiger partial charge in [-0.25, -0.2) is 0 Å². The predicted octanol–water partition coefficient (Wildman–Crippen LogP) is 6.92. The third-order valence-electron chi connectivity index (χ3n) is 11.2. The van der Waals surface area contributed by atoms with E-state index in [1.165, 1.54) is 13.8 Å². The van der Waals surface area contributed by atoms with Crippen LogP contribution in [0.2, 0.25) is 0 Å². The average Bonchev–Trinajstić information content (AvgIpc) is 3.05. The van der Waals surface area contributed by atoms with Gasteiger partial charge in [0.25, 0.3) is 0 Å². The Labute approximate surface area is 280 Å². The number of methoxy groups -OCH3 is 2. The zero-order chi connectivity index (χ0) is 33.7. The van der Waals surface area contributed by atoms with Crippen molar-refractivity contribution < 1.29 is 38.7 Å². The lowest BCUT2D eigenvalue weighted by Crippen LogP contribution is -2.57. The SMILES string of the molecule is COc1cc2c(cc1O)C[C@@]1(c3ccc4ccccc4c3)C3CCc4cc(O)c(OC)cc4[C@H]3C[C@@H](OC(C)=O)C[C@@H](OC(C)=O)C1C2. The number of carbonyl (C=O) groups excluding carboxylic acids is 2. The van der Waals surface area contributed by atoms with E-state index in [1.54, 1.807) is 14.2 Å². The second kappa shape index (κ2) is 12.4. The summed E-state index contributed by atoms with van der Waals surface area (Å²) in [6.07, 6.45) is 2.50. The standard InChI is InChI=1S/C40H42O8/c1-22(41)47-30-18-32-31-20-39(46-4)35(43)15-26(31)10-12-33(32)40(29-11-9-24-7-5-6-8-25(24)13-29)21-28-16-36(44)38(45-3)17-27(28)14-34(40)37(19-30)48-23(2)42/h5-9,11,13,15-17,20,30,32-34,37,43-44H,10,12,14,18-19,21H2,1-4H3/t30-,32-,33?,34?,37-,40-/m1/s1. The van der Waals surface area contributed by atoms with Crippen molar-refractivity contribution in [2.75, 3.05) is 14.2 Å². The molecule has 8 heteroatoms. The fourth-order valence-electron chi connectivity index (χ4n) is 9.38. The van der Waals surface area contributed by atoms with Crippen molar-refractivity contribution in [2.45, 2.75) is 75.9 Å². The lowest BCUT2D eigenvalue weighted by molar-refractivity contribution is -0.161. The Morgan fingerprint density at radius 3 is 2.15 bits per heavy atom. The first-order chi connectivity index (χ1) is 23.1. The van der Waals surface area contributed by atoms with Crippen molar-refractivity contribution >= 4 is 22.7 Å². The van der Waals surface area contributed by atoms with Crippen molar-refractivity contribution in [3.8, 4) is 23.0 Å². The van der Waals surface area contributed by atoms with E-state index in [0.29, 0.717) is 37.2 Å². The molecule has 7 rings (SSSR count). The Hall–Kier alpha value is -4.72. The second-order valence-electron chi connectivity index (χ2n) is 13.7. The maximum atomic E-state index is 12.8. The summed E-state index contributed by atoms with van der Waals surface area (Å²) in [4.78, 5) is 25.4. The number of ether oxygens (including phenoxy) is 4. The van der Waals surface area contributed by atoms with E-state index in [2.05, 4.69) is 30.3 Å². The predicted molar refractivity (Wildman–Crippen MR) is 181 cm³/mol. The van der Waals surface area contributed by atoms with E-state index >= 15 is 0 Å².